The lowest BCUT2D eigenvalue weighted by molar-refractivity contribution is 0.0159. The van der Waals surface area contributed by atoms with Crippen LogP contribution in [0.2, 0.25) is 0 Å². The molecule has 1 aliphatic carbocycles. The van der Waals surface area contributed by atoms with Crippen molar-refractivity contribution in [2.24, 2.45) is 9.81 Å². The molecule has 5 nitrogen and oxygen atoms in total. The molecule has 0 N–H and O–H groups in total. The van der Waals surface area contributed by atoms with Crippen LogP contribution < -0.4 is 0 Å². The number of likely N-dealkylation sites (tertiary alicyclic amines) is 1. The van der Waals surface area contributed by atoms with Gasteiger partial charge in [-0.3, -0.25) is 0 Å². The van der Waals surface area contributed by atoms with E-state index >= 15 is 0 Å². The molecule has 1 amide bonds. The van der Waals surface area contributed by atoms with Gasteiger partial charge in [0.2, 0.25) is 0 Å². The third-order valence-corrected chi connectivity index (χ3v) is 7.01. The van der Waals surface area contributed by atoms with Crippen LogP contribution in [-0.2, 0) is 22.5 Å². The van der Waals surface area contributed by atoms with Crippen molar-refractivity contribution in [2.45, 2.75) is 78.1 Å². The van der Waals surface area contributed by atoms with E-state index in [1.54, 1.807) is 4.90 Å². The zero-order valence-electron chi connectivity index (χ0n) is 18.8. The SMILES string of the molecule is Cc1ccc2c(c1)CC1(CCN(C(=O)OC(C)(C)C)CC1)C2=N[S+]([O-])C(C)(C)C. The highest BCUT2D eigenvalue weighted by Gasteiger charge is 2.48. The summed E-state index contributed by atoms with van der Waals surface area (Å²) >= 11 is -1.32. The van der Waals surface area contributed by atoms with Gasteiger partial charge in [-0.2, -0.15) is 0 Å². The third-order valence-electron chi connectivity index (χ3n) is 5.62. The van der Waals surface area contributed by atoms with E-state index in [1.807, 2.05) is 41.5 Å². The Hall–Kier alpha value is -1.53. The molecule has 1 saturated heterocycles. The fourth-order valence-electron chi connectivity index (χ4n) is 4.06. The fourth-order valence-corrected chi connectivity index (χ4v) is 4.79. The lowest BCUT2D eigenvalue weighted by Gasteiger charge is -2.39. The highest BCUT2D eigenvalue weighted by Crippen LogP contribution is 2.46. The number of fused-ring (bicyclic) bond motifs is 1. The van der Waals surface area contributed by atoms with Crippen LogP contribution in [-0.4, -0.2) is 44.7 Å². The summed E-state index contributed by atoms with van der Waals surface area (Å²) in [5.41, 5.74) is 3.94. The predicted octanol–water partition coefficient (Wildman–Crippen LogP) is 4.82. The Balaban J connectivity index is 1.88. The number of hydrogen-bond acceptors (Lipinski definition) is 4. The van der Waals surface area contributed by atoms with E-state index in [9.17, 15) is 9.35 Å². The predicted molar refractivity (Wildman–Crippen MR) is 119 cm³/mol. The van der Waals surface area contributed by atoms with Crippen LogP contribution in [0, 0.1) is 12.3 Å². The number of rotatable bonds is 1. The van der Waals surface area contributed by atoms with Crippen molar-refractivity contribution in [3.63, 3.8) is 0 Å². The molecule has 0 aromatic heterocycles. The quantitative estimate of drug-likeness (QED) is 0.614. The zero-order valence-corrected chi connectivity index (χ0v) is 19.6. The molecule has 1 aliphatic heterocycles. The fraction of sp³-hybridized carbons (Fsp3) is 0.652. The van der Waals surface area contributed by atoms with Gasteiger partial charge in [-0.05, 0) is 73.3 Å². The molecule has 0 bridgehead atoms. The normalized spacial score (nSPS) is 21.4. The Labute approximate surface area is 178 Å². The monoisotopic (exact) mass is 418 g/mol. The second-order valence-electron chi connectivity index (χ2n) is 10.4. The molecule has 3 rings (SSSR count). The number of benzene rings is 1. The van der Waals surface area contributed by atoms with Crippen molar-refractivity contribution in [3.05, 3.63) is 34.9 Å². The molecule has 29 heavy (non-hydrogen) atoms. The smallest absolute Gasteiger partial charge is 0.410 e. The number of carbonyl (C=O) groups excluding carboxylic acids is 1. The molecule has 2 aliphatic rings. The first-order valence-corrected chi connectivity index (χ1v) is 11.5. The highest BCUT2D eigenvalue weighted by atomic mass is 32.2. The maximum absolute atomic E-state index is 12.9. The van der Waals surface area contributed by atoms with Gasteiger partial charge in [0.25, 0.3) is 0 Å². The Kier molecular flexibility index (Phi) is 5.82. The van der Waals surface area contributed by atoms with Crippen molar-refractivity contribution in [2.75, 3.05) is 13.1 Å². The zero-order chi connectivity index (χ0) is 21.6. The Morgan fingerprint density at radius 1 is 1.17 bits per heavy atom. The summed E-state index contributed by atoms with van der Waals surface area (Å²) in [6.45, 7) is 14.9. The number of piperidine rings is 1. The first-order chi connectivity index (χ1) is 13.3. The molecular weight excluding hydrogens is 384 g/mol. The summed E-state index contributed by atoms with van der Waals surface area (Å²) in [5.74, 6) is 0. The molecule has 6 heteroatoms. The summed E-state index contributed by atoms with van der Waals surface area (Å²) < 4.78 is 22.8. The molecule has 1 unspecified atom stereocenters. The summed E-state index contributed by atoms with van der Waals surface area (Å²) in [4.78, 5) is 14.3. The molecule has 1 heterocycles. The number of aryl methyl sites for hydroxylation is 1. The second-order valence-corrected chi connectivity index (χ2v) is 12.3. The van der Waals surface area contributed by atoms with Crippen molar-refractivity contribution < 1.29 is 14.1 Å². The topological polar surface area (TPSA) is 65.0 Å². The van der Waals surface area contributed by atoms with E-state index in [0.29, 0.717) is 13.1 Å². The minimum absolute atomic E-state index is 0.157. The van der Waals surface area contributed by atoms with Crippen molar-refractivity contribution in [3.8, 4) is 0 Å². The van der Waals surface area contributed by atoms with Gasteiger partial charge in [0.15, 0.2) is 0 Å². The van der Waals surface area contributed by atoms with E-state index in [0.717, 1.165) is 30.5 Å². The molecule has 0 radical (unpaired) electrons. The van der Waals surface area contributed by atoms with Crippen LogP contribution in [0.3, 0.4) is 0 Å². The van der Waals surface area contributed by atoms with Crippen LogP contribution in [0.4, 0.5) is 4.79 Å². The third kappa shape index (κ3) is 4.80. The summed E-state index contributed by atoms with van der Waals surface area (Å²) in [7, 11) is 0. The standard InChI is InChI=1S/C23H34N2O3S/c1-16-8-9-18-17(14-16)15-23(19(18)24-29(27)22(5,6)7)10-12-25(13-11-23)20(26)28-21(2,3)4/h8-9,14H,10-13,15H2,1-7H3. The maximum atomic E-state index is 12.9. The van der Waals surface area contributed by atoms with Crippen LogP contribution in [0.15, 0.2) is 22.6 Å². The largest absolute Gasteiger partial charge is 0.591 e. The minimum atomic E-state index is -1.32. The molecule has 1 atom stereocenters. The first-order valence-electron chi connectivity index (χ1n) is 10.4. The minimum Gasteiger partial charge on any atom is -0.591 e. The van der Waals surface area contributed by atoms with Crippen LogP contribution in [0.1, 0.15) is 71.1 Å². The van der Waals surface area contributed by atoms with Gasteiger partial charge in [0, 0.05) is 24.1 Å². The van der Waals surface area contributed by atoms with Crippen LogP contribution in [0.5, 0.6) is 0 Å². The molecule has 160 valence electrons. The molecule has 0 saturated carbocycles. The second kappa shape index (κ2) is 7.62. The van der Waals surface area contributed by atoms with Crippen LogP contribution in [0.25, 0.3) is 0 Å². The van der Waals surface area contributed by atoms with E-state index < -0.39 is 21.7 Å². The lowest BCUT2D eigenvalue weighted by Crippen LogP contribution is -2.47. The number of ether oxygens (including phenoxy) is 1. The number of carbonyl (C=O) groups is 1. The maximum Gasteiger partial charge on any atom is 0.410 e. The molecule has 1 aromatic rings. The van der Waals surface area contributed by atoms with Gasteiger partial charge in [-0.15, -0.1) is 0 Å². The van der Waals surface area contributed by atoms with Gasteiger partial charge in [-0.25, -0.2) is 4.79 Å². The van der Waals surface area contributed by atoms with Crippen LogP contribution >= 0.6 is 0 Å². The Bertz CT molecular complexity index is 812. The molecule has 1 spiro atoms. The van der Waals surface area contributed by atoms with Gasteiger partial charge in [0.1, 0.15) is 27.4 Å². The van der Waals surface area contributed by atoms with E-state index in [4.69, 9.17) is 9.13 Å². The van der Waals surface area contributed by atoms with Gasteiger partial charge < -0.3 is 14.2 Å². The average molecular weight is 419 g/mol. The van der Waals surface area contributed by atoms with Crippen molar-refractivity contribution >= 4 is 23.2 Å². The van der Waals surface area contributed by atoms with Gasteiger partial charge in [-0.1, -0.05) is 28.2 Å². The first kappa shape index (κ1) is 22.2. The van der Waals surface area contributed by atoms with Gasteiger partial charge in [0.05, 0.1) is 0 Å². The molecule has 1 aromatic carbocycles. The highest BCUT2D eigenvalue weighted by molar-refractivity contribution is 7.91. The lowest BCUT2D eigenvalue weighted by atomic mass is 9.74. The number of hydrogen-bond donors (Lipinski definition) is 0. The van der Waals surface area contributed by atoms with E-state index in [2.05, 4.69) is 25.1 Å². The van der Waals surface area contributed by atoms with E-state index in [-0.39, 0.29) is 11.5 Å². The summed E-state index contributed by atoms with van der Waals surface area (Å²) in [5, 5.41) is 0. The average Bonchev–Trinajstić information content (AvgIpc) is 2.85. The van der Waals surface area contributed by atoms with Gasteiger partial charge >= 0.3 is 6.09 Å². The summed E-state index contributed by atoms with van der Waals surface area (Å²) in [6, 6.07) is 6.45. The number of nitrogens with zero attached hydrogens (tertiary/aromatic N) is 2. The van der Waals surface area contributed by atoms with Crippen molar-refractivity contribution in [1.82, 2.24) is 4.90 Å². The van der Waals surface area contributed by atoms with Crippen molar-refractivity contribution in [1.29, 1.82) is 0 Å². The Morgan fingerprint density at radius 3 is 2.34 bits per heavy atom. The van der Waals surface area contributed by atoms with E-state index in [1.165, 1.54) is 11.1 Å². The summed E-state index contributed by atoms with van der Waals surface area (Å²) in [6.07, 6.45) is 2.25. The number of amides is 1. The molecular formula is C23H34N2O3S. The molecule has 1 fully saturated rings. The Morgan fingerprint density at radius 2 is 1.79 bits per heavy atom.